The van der Waals surface area contributed by atoms with E-state index in [4.69, 9.17) is 0 Å². The van der Waals surface area contributed by atoms with Gasteiger partial charge in [-0.15, -0.1) is 10.2 Å². The second-order valence-corrected chi connectivity index (χ2v) is 7.98. The fraction of sp³-hybridized carbons (Fsp3) is 0.467. The predicted octanol–water partition coefficient (Wildman–Crippen LogP) is 1.60. The number of anilines is 1. The Bertz CT molecular complexity index is 940. The van der Waals surface area contributed by atoms with Gasteiger partial charge in [0.15, 0.2) is 5.82 Å². The van der Waals surface area contributed by atoms with Crippen molar-refractivity contribution in [2.75, 3.05) is 12.4 Å². The Morgan fingerprint density at radius 1 is 1.31 bits per heavy atom. The Balaban J connectivity index is 1.92. The van der Waals surface area contributed by atoms with E-state index < -0.39 is 14.9 Å². The van der Waals surface area contributed by atoms with Gasteiger partial charge in [0.2, 0.25) is 10.0 Å². The third kappa shape index (κ3) is 3.40. The van der Waals surface area contributed by atoms with Crippen LogP contribution in [0, 0.1) is 10.1 Å². The third-order valence-electron chi connectivity index (χ3n) is 4.39. The zero-order valence-electron chi connectivity index (χ0n) is 14.5. The Kier molecular flexibility index (Phi) is 4.92. The molecule has 1 unspecified atom stereocenters. The molecule has 1 aromatic heterocycles. The van der Waals surface area contributed by atoms with Crippen LogP contribution in [0.25, 0.3) is 0 Å². The van der Waals surface area contributed by atoms with Gasteiger partial charge in [-0.2, -0.15) is 0 Å². The average molecular weight is 380 g/mol. The van der Waals surface area contributed by atoms with Crippen LogP contribution in [-0.4, -0.2) is 35.2 Å². The van der Waals surface area contributed by atoms with Crippen molar-refractivity contribution in [3.05, 3.63) is 40.0 Å². The molecule has 0 amide bonds. The number of nitrogens with one attached hydrogen (secondary N) is 2. The second kappa shape index (κ2) is 7.00. The van der Waals surface area contributed by atoms with Gasteiger partial charge in [0.25, 0.3) is 5.69 Å². The van der Waals surface area contributed by atoms with E-state index in [9.17, 15) is 18.5 Å². The van der Waals surface area contributed by atoms with Gasteiger partial charge in [0.05, 0.1) is 15.9 Å². The van der Waals surface area contributed by atoms with Crippen LogP contribution in [0.4, 0.5) is 11.4 Å². The van der Waals surface area contributed by atoms with Crippen molar-refractivity contribution in [2.45, 2.75) is 43.7 Å². The highest BCUT2D eigenvalue weighted by Gasteiger charge is 2.24. The van der Waals surface area contributed by atoms with E-state index in [2.05, 4.69) is 20.2 Å². The molecule has 2 aromatic rings. The smallest absolute Gasteiger partial charge is 0.293 e. The van der Waals surface area contributed by atoms with Crippen LogP contribution in [0.2, 0.25) is 0 Å². The minimum absolute atomic E-state index is 0.162. The molecule has 1 aromatic carbocycles. The number of nitro benzene ring substituents is 1. The molecule has 2 heterocycles. The fourth-order valence-corrected chi connectivity index (χ4v) is 3.77. The number of hydrogen-bond donors (Lipinski definition) is 2. The van der Waals surface area contributed by atoms with Gasteiger partial charge in [-0.25, -0.2) is 13.1 Å². The molecule has 1 atom stereocenters. The molecule has 0 spiro atoms. The minimum atomic E-state index is -3.76. The molecular weight excluding hydrogens is 360 g/mol. The normalized spacial score (nSPS) is 15.3. The number of hydrogen-bond acceptors (Lipinski definition) is 7. The van der Waals surface area contributed by atoms with Crippen LogP contribution < -0.4 is 10.0 Å². The maximum absolute atomic E-state index is 11.9. The summed E-state index contributed by atoms with van der Waals surface area (Å²) in [4.78, 5) is 10.6. The minimum Gasteiger partial charge on any atom is -0.370 e. The molecule has 0 fully saturated rings. The Morgan fingerprint density at radius 3 is 2.77 bits per heavy atom. The summed E-state index contributed by atoms with van der Waals surface area (Å²) in [5, 5.41) is 22.9. The monoisotopic (exact) mass is 380 g/mol. The van der Waals surface area contributed by atoms with E-state index in [-0.39, 0.29) is 22.3 Å². The van der Waals surface area contributed by atoms with E-state index in [1.165, 1.54) is 19.2 Å². The van der Waals surface area contributed by atoms with E-state index >= 15 is 0 Å². The molecule has 0 bridgehead atoms. The number of sulfonamides is 1. The summed E-state index contributed by atoms with van der Waals surface area (Å²) < 4.78 is 27.9. The number of benzene rings is 1. The number of nitro groups is 1. The van der Waals surface area contributed by atoms with Crippen molar-refractivity contribution in [1.29, 1.82) is 0 Å². The zero-order chi connectivity index (χ0) is 18.9. The lowest BCUT2D eigenvalue weighted by Gasteiger charge is -2.19. The SMILES string of the molecule is CNS(=O)(=O)c1ccc(NC(C)c2nnc3n2CCCC3)c([N+](=O)[O-])c1. The van der Waals surface area contributed by atoms with E-state index in [1.807, 2.05) is 11.5 Å². The molecule has 1 aliphatic rings. The fourth-order valence-electron chi connectivity index (χ4n) is 3.02. The molecule has 0 saturated heterocycles. The molecular formula is C15H20N6O4S. The average Bonchev–Trinajstić information content (AvgIpc) is 3.06. The molecule has 3 rings (SSSR count). The molecule has 140 valence electrons. The molecule has 11 heteroatoms. The molecule has 0 saturated carbocycles. The van der Waals surface area contributed by atoms with Crippen LogP contribution in [0.3, 0.4) is 0 Å². The summed E-state index contributed by atoms with van der Waals surface area (Å²) in [5.74, 6) is 1.63. The van der Waals surface area contributed by atoms with Gasteiger partial charge in [0, 0.05) is 19.0 Å². The van der Waals surface area contributed by atoms with E-state index in [0.717, 1.165) is 37.7 Å². The van der Waals surface area contributed by atoms with Crippen molar-refractivity contribution < 1.29 is 13.3 Å². The first-order chi connectivity index (χ1) is 12.3. The molecule has 0 radical (unpaired) electrons. The predicted molar refractivity (Wildman–Crippen MR) is 94.3 cm³/mol. The summed E-state index contributed by atoms with van der Waals surface area (Å²) in [5.41, 5.74) is -0.0859. The van der Waals surface area contributed by atoms with Gasteiger partial charge in [0.1, 0.15) is 11.5 Å². The standard InChI is InChI=1S/C15H20N6O4S/c1-10(15-19-18-14-5-3-4-8-20(14)15)17-12-7-6-11(26(24,25)16-2)9-13(12)21(22)23/h6-7,9-10,16-17H,3-5,8H2,1-2H3. The van der Waals surface area contributed by atoms with E-state index in [1.54, 1.807) is 0 Å². The van der Waals surface area contributed by atoms with E-state index in [0.29, 0.717) is 5.82 Å². The largest absolute Gasteiger partial charge is 0.370 e. The van der Waals surface area contributed by atoms with Crippen LogP contribution in [-0.2, 0) is 23.0 Å². The zero-order valence-corrected chi connectivity index (χ0v) is 15.3. The van der Waals surface area contributed by atoms with Gasteiger partial charge >= 0.3 is 0 Å². The molecule has 2 N–H and O–H groups in total. The van der Waals surface area contributed by atoms with Crippen LogP contribution in [0.1, 0.15) is 37.5 Å². The summed E-state index contributed by atoms with van der Waals surface area (Å²) in [6, 6.07) is 3.44. The number of aryl methyl sites for hydroxylation is 1. The first-order valence-electron chi connectivity index (χ1n) is 8.24. The van der Waals surface area contributed by atoms with Crippen molar-refractivity contribution in [3.63, 3.8) is 0 Å². The number of fused-ring (bicyclic) bond motifs is 1. The van der Waals surface area contributed by atoms with Gasteiger partial charge in [-0.1, -0.05) is 0 Å². The van der Waals surface area contributed by atoms with Crippen molar-refractivity contribution >= 4 is 21.4 Å². The highest BCUT2D eigenvalue weighted by molar-refractivity contribution is 7.89. The Hall–Kier alpha value is -2.53. The lowest BCUT2D eigenvalue weighted by atomic mass is 10.1. The van der Waals surface area contributed by atoms with Gasteiger partial charge < -0.3 is 9.88 Å². The summed E-state index contributed by atoms with van der Waals surface area (Å²) >= 11 is 0. The van der Waals surface area contributed by atoms with Gasteiger partial charge in [-0.3, -0.25) is 10.1 Å². The summed E-state index contributed by atoms with van der Waals surface area (Å²) in [6.07, 6.45) is 2.99. The highest BCUT2D eigenvalue weighted by Crippen LogP contribution is 2.31. The Morgan fingerprint density at radius 2 is 2.08 bits per heavy atom. The molecule has 1 aliphatic heterocycles. The highest BCUT2D eigenvalue weighted by atomic mass is 32.2. The summed E-state index contributed by atoms with van der Waals surface area (Å²) in [6.45, 7) is 2.67. The van der Waals surface area contributed by atoms with Crippen LogP contribution >= 0.6 is 0 Å². The Labute approximate surface area is 150 Å². The summed E-state index contributed by atoms with van der Waals surface area (Å²) in [7, 11) is -2.51. The lowest BCUT2D eigenvalue weighted by molar-refractivity contribution is -0.384. The number of aromatic nitrogens is 3. The maximum atomic E-state index is 11.9. The molecule has 0 aliphatic carbocycles. The second-order valence-electron chi connectivity index (χ2n) is 6.09. The van der Waals surface area contributed by atoms with Crippen molar-refractivity contribution in [2.24, 2.45) is 0 Å². The van der Waals surface area contributed by atoms with Gasteiger partial charge in [-0.05, 0) is 38.9 Å². The molecule has 10 nitrogen and oxygen atoms in total. The van der Waals surface area contributed by atoms with Crippen molar-refractivity contribution in [1.82, 2.24) is 19.5 Å². The lowest BCUT2D eigenvalue weighted by Crippen LogP contribution is -2.20. The first-order valence-corrected chi connectivity index (χ1v) is 9.72. The quantitative estimate of drug-likeness (QED) is 0.574. The topological polar surface area (TPSA) is 132 Å². The first kappa shape index (κ1) is 18.3. The van der Waals surface area contributed by atoms with Crippen LogP contribution in [0.5, 0.6) is 0 Å². The van der Waals surface area contributed by atoms with Crippen molar-refractivity contribution in [3.8, 4) is 0 Å². The maximum Gasteiger partial charge on any atom is 0.293 e. The number of rotatable bonds is 6. The number of nitrogens with zero attached hydrogens (tertiary/aromatic N) is 4. The molecule has 26 heavy (non-hydrogen) atoms. The third-order valence-corrected chi connectivity index (χ3v) is 5.80. The van der Waals surface area contributed by atoms with Crippen LogP contribution in [0.15, 0.2) is 23.1 Å².